The van der Waals surface area contributed by atoms with E-state index in [2.05, 4.69) is 13.8 Å². The highest BCUT2D eigenvalue weighted by atomic mass is 19.1. The molecule has 0 N–H and O–H groups in total. The standard InChI is InChI=1S/C11H15FO.C2H6/c1-4-13-11-7-9(12)5-6-10(11)8(2)3;1-2/h5-8H,4H2,1-3H3;1-2H3. The molecule has 1 nitrogen and oxygen atoms in total. The molecule has 15 heavy (non-hydrogen) atoms. The first kappa shape index (κ1) is 13.9. The molecule has 0 saturated heterocycles. The highest BCUT2D eigenvalue weighted by Crippen LogP contribution is 2.26. The van der Waals surface area contributed by atoms with E-state index in [0.29, 0.717) is 18.3 Å². The van der Waals surface area contributed by atoms with Gasteiger partial charge in [0.25, 0.3) is 0 Å². The van der Waals surface area contributed by atoms with Crippen molar-refractivity contribution in [2.45, 2.75) is 40.5 Å². The summed E-state index contributed by atoms with van der Waals surface area (Å²) in [6.07, 6.45) is 0. The molecule has 0 spiro atoms. The maximum absolute atomic E-state index is 12.9. The molecule has 0 bridgehead atoms. The van der Waals surface area contributed by atoms with E-state index in [9.17, 15) is 4.39 Å². The lowest BCUT2D eigenvalue weighted by Crippen LogP contribution is -1.98. The van der Waals surface area contributed by atoms with Gasteiger partial charge in [-0.15, -0.1) is 0 Å². The zero-order valence-electron chi connectivity index (χ0n) is 10.3. The van der Waals surface area contributed by atoms with E-state index in [0.717, 1.165) is 5.56 Å². The summed E-state index contributed by atoms with van der Waals surface area (Å²) in [5.74, 6) is 0.785. The average Bonchev–Trinajstić information content (AvgIpc) is 2.21. The molecular weight excluding hydrogens is 191 g/mol. The van der Waals surface area contributed by atoms with Gasteiger partial charge in [0.2, 0.25) is 0 Å². The van der Waals surface area contributed by atoms with Gasteiger partial charge >= 0.3 is 0 Å². The molecule has 0 aromatic heterocycles. The summed E-state index contributed by atoms with van der Waals surface area (Å²) in [6.45, 7) is 10.6. The Morgan fingerprint density at radius 2 is 1.87 bits per heavy atom. The van der Waals surface area contributed by atoms with Crippen LogP contribution in [0.15, 0.2) is 18.2 Å². The van der Waals surface area contributed by atoms with E-state index in [-0.39, 0.29) is 5.82 Å². The Kier molecular flexibility index (Phi) is 6.76. The molecule has 0 aliphatic carbocycles. The monoisotopic (exact) mass is 212 g/mol. The van der Waals surface area contributed by atoms with Crippen LogP contribution in [0.25, 0.3) is 0 Å². The molecule has 0 heterocycles. The van der Waals surface area contributed by atoms with E-state index in [1.165, 1.54) is 12.1 Å². The quantitative estimate of drug-likeness (QED) is 0.722. The van der Waals surface area contributed by atoms with Crippen LogP contribution >= 0.6 is 0 Å². The molecule has 0 saturated carbocycles. The van der Waals surface area contributed by atoms with E-state index >= 15 is 0 Å². The Labute approximate surface area is 92.3 Å². The number of hydrogen-bond donors (Lipinski definition) is 0. The van der Waals surface area contributed by atoms with Crippen molar-refractivity contribution >= 4 is 0 Å². The van der Waals surface area contributed by atoms with Gasteiger partial charge < -0.3 is 4.74 Å². The Bertz CT molecular complexity index is 282. The lowest BCUT2D eigenvalue weighted by molar-refractivity contribution is 0.333. The molecule has 1 rings (SSSR count). The van der Waals surface area contributed by atoms with Gasteiger partial charge in [0.15, 0.2) is 0 Å². The minimum Gasteiger partial charge on any atom is -0.493 e. The summed E-state index contributed by atoms with van der Waals surface area (Å²) in [7, 11) is 0. The zero-order chi connectivity index (χ0) is 11.8. The highest BCUT2D eigenvalue weighted by Gasteiger charge is 2.07. The Morgan fingerprint density at radius 3 is 2.33 bits per heavy atom. The molecule has 86 valence electrons. The molecule has 2 heteroatoms. The fourth-order valence-corrected chi connectivity index (χ4v) is 1.27. The lowest BCUT2D eigenvalue weighted by Gasteiger charge is -2.12. The van der Waals surface area contributed by atoms with Gasteiger partial charge in [-0.25, -0.2) is 4.39 Å². The zero-order valence-corrected chi connectivity index (χ0v) is 10.3. The Morgan fingerprint density at radius 1 is 1.27 bits per heavy atom. The van der Waals surface area contributed by atoms with Crippen LogP contribution in [0, 0.1) is 5.82 Å². The van der Waals surface area contributed by atoms with Crippen molar-refractivity contribution < 1.29 is 9.13 Å². The third-order valence-corrected chi connectivity index (χ3v) is 1.90. The molecule has 0 amide bonds. The lowest BCUT2D eigenvalue weighted by atomic mass is 10.0. The largest absolute Gasteiger partial charge is 0.493 e. The summed E-state index contributed by atoms with van der Waals surface area (Å²) in [5, 5.41) is 0. The van der Waals surface area contributed by atoms with Crippen molar-refractivity contribution in [3.8, 4) is 5.75 Å². The maximum Gasteiger partial charge on any atom is 0.126 e. The van der Waals surface area contributed by atoms with E-state index in [1.807, 2.05) is 20.8 Å². The number of hydrogen-bond acceptors (Lipinski definition) is 1. The fraction of sp³-hybridized carbons (Fsp3) is 0.538. The second kappa shape index (κ2) is 7.27. The molecule has 0 aliphatic heterocycles. The van der Waals surface area contributed by atoms with Crippen LogP contribution in [0.3, 0.4) is 0 Å². The van der Waals surface area contributed by atoms with Gasteiger partial charge in [-0.05, 0) is 24.5 Å². The van der Waals surface area contributed by atoms with Gasteiger partial charge in [0.1, 0.15) is 11.6 Å². The summed E-state index contributed by atoms with van der Waals surface area (Å²) >= 11 is 0. The Hall–Kier alpha value is -1.05. The van der Waals surface area contributed by atoms with Gasteiger partial charge in [-0.3, -0.25) is 0 Å². The van der Waals surface area contributed by atoms with Crippen molar-refractivity contribution in [1.29, 1.82) is 0 Å². The van der Waals surface area contributed by atoms with Gasteiger partial charge in [0, 0.05) is 6.07 Å². The molecule has 0 fully saturated rings. The third kappa shape index (κ3) is 4.32. The molecule has 0 atom stereocenters. The van der Waals surface area contributed by atoms with E-state index in [4.69, 9.17) is 4.74 Å². The molecule has 1 aromatic rings. The SMILES string of the molecule is CC.CCOc1cc(F)ccc1C(C)C. The normalized spacial score (nSPS) is 9.53. The topological polar surface area (TPSA) is 9.23 Å². The summed E-state index contributed by atoms with van der Waals surface area (Å²) < 4.78 is 18.2. The van der Waals surface area contributed by atoms with Crippen molar-refractivity contribution in [2.24, 2.45) is 0 Å². The first-order valence-electron chi connectivity index (χ1n) is 5.57. The number of halogens is 1. The Balaban J connectivity index is 0.000000921. The smallest absolute Gasteiger partial charge is 0.126 e. The second-order valence-electron chi connectivity index (χ2n) is 3.27. The number of rotatable bonds is 3. The minimum atomic E-state index is -0.243. The third-order valence-electron chi connectivity index (χ3n) is 1.90. The predicted molar refractivity (Wildman–Crippen MR) is 63.0 cm³/mol. The van der Waals surface area contributed by atoms with Crippen LogP contribution in [0.4, 0.5) is 4.39 Å². The predicted octanol–water partition coefficient (Wildman–Crippen LogP) is 4.37. The van der Waals surface area contributed by atoms with E-state index in [1.54, 1.807) is 6.07 Å². The van der Waals surface area contributed by atoms with Crippen LogP contribution in [-0.4, -0.2) is 6.61 Å². The van der Waals surface area contributed by atoms with Crippen molar-refractivity contribution in [2.75, 3.05) is 6.61 Å². The molecule has 0 radical (unpaired) electrons. The van der Waals surface area contributed by atoms with Crippen molar-refractivity contribution in [3.63, 3.8) is 0 Å². The molecule has 0 aliphatic rings. The molecular formula is C13H21FO. The van der Waals surface area contributed by atoms with E-state index < -0.39 is 0 Å². The highest BCUT2D eigenvalue weighted by molar-refractivity contribution is 5.36. The first-order chi connectivity index (χ1) is 7.15. The van der Waals surface area contributed by atoms with Crippen molar-refractivity contribution in [3.05, 3.63) is 29.6 Å². The first-order valence-corrected chi connectivity index (χ1v) is 5.57. The van der Waals surface area contributed by atoms with Crippen molar-refractivity contribution in [1.82, 2.24) is 0 Å². The van der Waals surface area contributed by atoms with Crippen LogP contribution in [0.2, 0.25) is 0 Å². The number of ether oxygens (including phenoxy) is 1. The average molecular weight is 212 g/mol. The second-order valence-corrected chi connectivity index (χ2v) is 3.27. The van der Waals surface area contributed by atoms with Crippen LogP contribution in [0.1, 0.15) is 46.1 Å². The minimum absolute atomic E-state index is 0.243. The van der Waals surface area contributed by atoms with Crippen LogP contribution < -0.4 is 4.74 Å². The number of benzene rings is 1. The van der Waals surface area contributed by atoms with Gasteiger partial charge in [-0.1, -0.05) is 33.8 Å². The molecule has 0 unspecified atom stereocenters. The van der Waals surface area contributed by atoms with Crippen LogP contribution in [0.5, 0.6) is 5.75 Å². The summed E-state index contributed by atoms with van der Waals surface area (Å²) in [4.78, 5) is 0. The van der Waals surface area contributed by atoms with Crippen LogP contribution in [-0.2, 0) is 0 Å². The summed E-state index contributed by atoms with van der Waals surface area (Å²) in [6, 6.07) is 4.70. The van der Waals surface area contributed by atoms with Gasteiger partial charge in [-0.2, -0.15) is 0 Å². The molecule has 1 aromatic carbocycles. The fourth-order valence-electron chi connectivity index (χ4n) is 1.27. The summed E-state index contributed by atoms with van der Waals surface area (Å²) in [5.41, 5.74) is 1.06. The van der Waals surface area contributed by atoms with Gasteiger partial charge in [0.05, 0.1) is 6.61 Å². The maximum atomic E-state index is 12.9.